The lowest BCUT2D eigenvalue weighted by atomic mass is 9.82. The summed E-state index contributed by atoms with van der Waals surface area (Å²) in [6.07, 6.45) is 7.42. The number of hydrogen-bond acceptors (Lipinski definition) is 1. The quantitative estimate of drug-likeness (QED) is 0.696. The summed E-state index contributed by atoms with van der Waals surface area (Å²) >= 11 is 0. The fraction of sp³-hybridized carbons (Fsp3) is 1.00. The second kappa shape index (κ2) is 6.38. The molecule has 2 aliphatic rings. The second-order valence-electron chi connectivity index (χ2n) is 6.94. The summed E-state index contributed by atoms with van der Waals surface area (Å²) in [5, 5.41) is 0. The minimum Gasteiger partial charge on any atom is -0.326 e. The molecule has 18 heavy (non-hydrogen) atoms. The normalized spacial score (nSPS) is 35.8. The van der Waals surface area contributed by atoms with E-state index >= 15 is 0 Å². The Hall–Kier alpha value is -0.0800. The molecule has 2 saturated heterocycles. The predicted octanol–water partition coefficient (Wildman–Crippen LogP) is 2.98. The molecule has 2 heterocycles. The maximum absolute atomic E-state index is 2.61. The molecule has 0 saturated carbocycles. The molecule has 0 amide bonds. The van der Waals surface area contributed by atoms with Crippen molar-refractivity contribution in [1.29, 1.82) is 0 Å². The highest BCUT2D eigenvalue weighted by Crippen LogP contribution is 2.31. The van der Waals surface area contributed by atoms with Crippen LogP contribution in [0.5, 0.6) is 0 Å². The Kier molecular flexibility index (Phi) is 5.08. The van der Waals surface area contributed by atoms with E-state index in [4.69, 9.17) is 0 Å². The van der Waals surface area contributed by atoms with Gasteiger partial charge < -0.3 is 9.38 Å². The first-order chi connectivity index (χ1) is 8.65. The lowest BCUT2D eigenvalue weighted by Crippen LogP contribution is -2.49. The van der Waals surface area contributed by atoms with E-state index in [-0.39, 0.29) is 0 Å². The molecular weight excluding hydrogens is 220 g/mol. The van der Waals surface area contributed by atoms with Gasteiger partial charge in [0.05, 0.1) is 26.7 Å². The molecule has 0 aliphatic carbocycles. The second-order valence-corrected chi connectivity index (χ2v) is 6.94. The van der Waals surface area contributed by atoms with E-state index in [0.29, 0.717) is 0 Å². The van der Waals surface area contributed by atoms with Crippen LogP contribution in [0.4, 0.5) is 0 Å². The maximum Gasteiger partial charge on any atom is 0.0787 e. The molecule has 0 bridgehead atoms. The minimum atomic E-state index is 1.04. The van der Waals surface area contributed by atoms with Gasteiger partial charge in [0.2, 0.25) is 0 Å². The molecule has 2 fully saturated rings. The third-order valence-corrected chi connectivity index (χ3v) is 5.74. The Balaban J connectivity index is 1.69. The third kappa shape index (κ3) is 3.71. The third-order valence-electron chi connectivity index (χ3n) is 5.74. The van der Waals surface area contributed by atoms with Crippen molar-refractivity contribution in [2.75, 3.05) is 46.3 Å². The van der Waals surface area contributed by atoms with Crippen LogP contribution in [-0.4, -0.2) is 55.7 Å². The van der Waals surface area contributed by atoms with Gasteiger partial charge in [-0.1, -0.05) is 6.92 Å². The topological polar surface area (TPSA) is 3.24 Å². The van der Waals surface area contributed by atoms with Crippen molar-refractivity contribution < 1.29 is 4.48 Å². The van der Waals surface area contributed by atoms with Gasteiger partial charge in [-0.2, -0.15) is 0 Å². The molecule has 106 valence electrons. The van der Waals surface area contributed by atoms with Crippen LogP contribution in [-0.2, 0) is 0 Å². The molecule has 2 aliphatic heterocycles. The number of nitrogens with zero attached hydrogens (tertiary/aromatic N) is 2. The van der Waals surface area contributed by atoms with Crippen LogP contribution in [0.2, 0.25) is 0 Å². The van der Waals surface area contributed by atoms with Crippen LogP contribution >= 0.6 is 0 Å². The zero-order valence-corrected chi connectivity index (χ0v) is 12.8. The van der Waals surface area contributed by atoms with Crippen molar-refractivity contribution >= 4 is 0 Å². The first kappa shape index (κ1) is 14.3. The van der Waals surface area contributed by atoms with Gasteiger partial charge in [-0.3, -0.25) is 0 Å². The Morgan fingerprint density at radius 1 is 0.944 bits per heavy atom. The monoisotopic (exact) mass is 253 g/mol. The van der Waals surface area contributed by atoms with E-state index in [9.17, 15) is 0 Å². The summed E-state index contributed by atoms with van der Waals surface area (Å²) in [5.41, 5.74) is 0. The molecule has 0 aromatic heterocycles. The van der Waals surface area contributed by atoms with E-state index in [0.717, 1.165) is 11.8 Å². The molecule has 0 atom stereocenters. The largest absolute Gasteiger partial charge is 0.326 e. The average Bonchev–Trinajstić information content (AvgIpc) is 2.42. The molecular formula is C16H33N2+. The summed E-state index contributed by atoms with van der Waals surface area (Å²) in [5.74, 6) is 2.08. The molecule has 0 aromatic carbocycles. The predicted molar refractivity (Wildman–Crippen MR) is 78.6 cm³/mol. The average molecular weight is 253 g/mol. The molecule has 0 unspecified atom stereocenters. The van der Waals surface area contributed by atoms with E-state index in [1.54, 1.807) is 0 Å². The lowest BCUT2D eigenvalue weighted by Gasteiger charge is -2.41. The van der Waals surface area contributed by atoms with Crippen LogP contribution in [0, 0.1) is 11.8 Å². The first-order valence-corrected chi connectivity index (χ1v) is 8.21. The summed E-state index contributed by atoms with van der Waals surface area (Å²) in [6.45, 7) is 12.8. The first-order valence-electron chi connectivity index (χ1n) is 8.21. The maximum atomic E-state index is 2.61. The van der Waals surface area contributed by atoms with E-state index in [2.05, 4.69) is 25.8 Å². The highest BCUT2D eigenvalue weighted by molar-refractivity contribution is 4.75. The van der Waals surface area contributed by atoms with Crippen molar-refractivity contribution in [2.45, 2.75) is 46.0 Å². The fourth-order valence-corrected chi connectivity index (χ4v) is 3.81. The van der Waals surface area contributed by atoms with Crippen LogP contribution in [0.1, 0.15) is 46.0 Å². The number of rotatable bonds is 4. The van der Waals surface area contributed by atoms with Crippen molar-refractivity contribution in [3.8, 4) is 0 Å². The molecule has 2 rings (SSSR count). The van der Waals surface area contributed by atoms with Gasteiger partial charge in [0, 0.05) is 0 Å². The summed E-state index contributed by atoms with van der Waals surface area (Å²) in [6, 6.07) is 0. The highest BCUT2D eigenvalue weighted by Gasteiger charge is 2.30. The summed E-state index contributed by atoms with van der Waals surface area (Å²) in [7, 11) is 2.44. The molecule has 0 N–H and O–H groups in total. The minimum absolute atomic E-state index is 1.04. The van der Waals surface area contributed by atoms with E-state index in [1.807, 2.05) is 0 Å². The summed E-state index contributed by atoms with van der Waals surface area (Å²) in [4.78, 5) is 2.61. The number of hydrogen-bond donors (Lipinski definition) is 0. The smallest absolute Gasteiger partial charge is 0.0787 e. The Morgan fingerprint density at radius 2 is 1.50 bits per heavy atom. The van der Waals surface area contributed by atoms with Crippen LogP contribution in [0.3, 0.4) is 0 Å². The Labute approximate surface area is 114 Å². The van der Waals surface area contributed by atoms with Gasteiger partial charge in [0.25, 0.3) is 0 Å². The zero-order valence-electron chi connectivity index (χ0n) is 12.8. The van der Waals surface area contributed by atoms with Gasteiger partial charge in [0.15, 0.2) is 0 Å². The van der Waals surface area contributed by atoms with Crippen molar-refractivity contribution in [3.05, 3.63) is 0 Å². The lowest BCUT2D eigenvalue weighted by molar-refractivity contribution is -0.913. The van der Waals surface area contributed by atoms with Crippen molar-refractivity contribution in [1.82, 2.24) is 4.90 Å². The Bertz CT molecular complexity index is 235. The van der Waals surface area contributed by atoms with Crippen molar-refractivity contribution in [3.63, 3.8) is 0 Å². The highest BCUT2D eigenvalue weighted by atomic mass is 15.3. The van der Waals surface area contributed by atoms with Crippen LogP contribution in [0.15, 0.2) is 0 Å². The van der Waals surface area contributed by atoms with Gasteiger partial charge in [-0.25, -0.2) is 0 Å². The SMILES string of the molecule is CCN1CCC(CC2CC[N+](C)(CC)CC2)CC1. The standard InChI is InChI=1S/C16H33N2/c1-4-17-10-6-15(7-11-17)14-16-8-12-18(3,5-2)13-9-16/h15-16H,4-14H2,1-3H3/q+1. The molecule has 0 spiro atoms. The van der Waals surface area contributed by atoms with E-state index < -0.39 is 0 Å². The van der Waals surface area contributed by atoms with Gasteiger partial charge in [-0.15, -0.1) is 0 Å². The fourth-order valence-electron chi connectivity index (χ4n) is 3.81. The molecule has 0 radical (unpaired) electrons. The van der Waals surface area contributed by atoms with Crippen LogP contribution < -0.4 is 0 Å². The number of quaternary nitrogens is 1. The number of piperidine rings is 2. The van der Waals surface area contributed by atoms with Gasteiger partial charge in [-0.05, 0) is 70.5 Å². The van der Waals surface area contributed by atoms with Crippen LogP contribution in [0.25, 0.3) is 0 Å². The van der Waals surface area contributed by atoms with E-state index in [1.165, 1.54) is 75.9 Å². The van der Waals surface area contributed by atoms with Crippen molar-refractivity contribution in [2.24, 2.45) is 11.8 Å². The Morgan fingerprint density at radius 3 is 2.00 bits per heavy atom. The van der Waals surface area contributed by atoms with Gasteiger partial charge >= 0.3 is 0 Å². The molecule has 2 nitrogen and oxygen atoms in total. The zero-order chi connectivity index (χ0) is 13.0. The molecule has 0 aromatic rings. The number of likely N-dealkylation sites (tertiary alicyclic amines) is 2. The summed E-state index contributed by atoms with van der Waals surface area (Å²) < 4.78 is 1.32. The van der Waals surface area contributed by atoms with Gasteiger partial charge in [0.1, 0.15) is 0 Å². The molecule has 2 heteroatoms.